The molecule has 0 bridgehead atoms. The molecule has 0 amide bonds. The van der Waals surface area contributed by atoms with Crippen molar-refractivity contribution in [2.24, 2.45) is 0 Å². The fourth-order valence-electron chi connectivity index (χ4n) is 3.27. The number of aliphatic hydroxyl groups excluding tert-OH is 1. The largest absolute Gasteiger partial charge is 0.611 e. The third-order valence-corrected chi connectivity index (χ3v) is 6.64. The number of rotatable bonds is 8. The van der Waals surface area contributed by atoms with Crippen LogP contribution in [0, 0.1) is 0 Å². The molecule has 0 radical (unpaired) electrons. The molecule has 33 heavy (non-hydrogen) atoms. The minimum absolute atomic E-state index is 0.0489. The standard InChI is InChI=1S/C24H25N5O3S/c1-15(2)33(31)19-9-7-18(8-10-19)21-13-27-24(25)23(28-21)22-11-20(29-32-22)17-5-3-16(4-6-17)12-26-14-30/h3-11,13,15,26,30H,12,14H2,1-2H3,(H2,25,27). The van der Waals surface area contributed by atoms with Crippen molar-refractivity contribution < 1.29 is 14.2 Å². The van der Waals surface area contributed by atoms with E-state index >= 15 is 0 Å². The first kappa shape index (κ1) is 22.9. The molecule has 4 aromatic rings. The van der Waals surface area contributed by atoms with Gasteiger partial charge in [-0.2, -0.15) is 0 Å². The van der Waals surface area contributed by atoms with E-state index in [-0.39, 0.29) is 17.8 Å². The summed E-state index contributed by atoms with van der Waals surface area (Å²) in [5.74, 6) is 0.657. The maximum atomic E-state index is 12.3. The molecule has 4 N–H and O–H groups in total. The van der Waals surface area contributed by atoms with Crippen molar-refractivity contribution in [2.45, 2.75) is 30.5 Å². The van der Waals surface area contributed by atoms with Crippen molar-refractivity contribution in [1.82, 2.24) is 20.4 Å². The van der Waals surface area contributed by atoms with Crippen molar-refractivity contribution >= 4 is 17.0 Å². The minimum Gasteiger partial charge on any atom is -0.611 e. The Labute approximate surface area is 195 Å². The lowest BCUT2D eigenvalue weighted by Crippen LogP contribution is -2.13. The predicted octanol–water partition coefficient (Wildman–Crippen LogP) is 3.60. The molecule has 0 aliphatic heterocycles. The summed E-state index contributed by atoms with van der Waals surface area (Å²) in [7, 11) is 0. The zero-order chi connectivity index (χ0) is 23.4. The highest BCUT2D eigenvalue weighted by Crippen LogP contribution is 2.30. The van der Waals surface area contributed by atoms with Crippen LogP contribution in [0.15, 0.2) is 70.2 Å². The van der Waals surface area contributed by atoms with Gasteiger partial charge in [0.15, 0.2) is 22.2 Å². The van der Waals surface area contributed by atoms with Crippen LogP contribution in [-0.2, 0) is 17.7 Å². The lowest BCUT2D eigenvalue weighted by atomic mass is 10.1. The predicted molar refractivity (Wildman–Crippen MR) is 128 cm³/mol. The van der Waals surface area contributed by atoms with Gasteiger partial charge in [0.05, 0.1) is 18.6 Å². The number of nitrogens with zero attached hydrogens (tertiary/aromatic N) is 3. The fourth-order valence-corrected chi connectivity index (χ4v) is 4.22. The Morgan fingerprint density at radius 2 is 1.73 bits per heavy atom. The van der Waals surface area contributed by atoms with E-state index in [1.54, 1.807) is 12.3 Å². The van der Waals surface area contributed by atoms with E-state index in [0.717, 1.165) is 21.6 Å². The normalized spacial score (nSPS) is 12.3. The Morgan fingerprint density at radius 1 is 1.06 bits per heavy atom. The molecule has 4 rings (SSSR count). The van der Waals surface area contributed by atoms with Crippen molar-refractivity contribution in [1.29, 1.82) is 0 Å². The maximum Gasteiger partial charge on any atom is 0.189 e. The molecule has 0 fully saturated rings. The number of aromatic nitrogens is 3. The lowest BCUT2D eigenvalue weighted by Gasteiger charge is -2.14. The molecule has 9 heteroatoms. The van der Waals surface area contributed by atoms with Gasteiger partial charge >= 0.3 is 0 Å². The van der Waals surface area contributed by atoms with Crippen LogP contribution in [0.3, 0.4) is 0 Å². The van der Waals surface area contributed by atoms with E-state index in [0.29, 0.717) is 29.4 Å². The van der Waals surface area contributed by atoms with Gasteiger partial charge in [0, 0.05) is 23.7 Å². The smallest absolute Gasteiger partial charge is 0.189 e. The van der Waals surface area contributed by atoms with Gasteiger partial charge in [-0.15, -0.1) is 0 Å². The van der Waals surface area contributed by atoms with Gasteiger partial charge in [-0.05, 0) is 54.9 Å². The molecule has 0 saturated heterocycles. The first-order valence-electron chi connectivity index (χ1n) is 10.5. The molecule has 2 heterocycles. The first-order chi connectivity index (χ1) is 16.0. The van der Waals surface area contributed by atoms with Gasteiger partial charge in [-0.3, -0.25) is 5.32 Å². The summed E-state index contributed by atoms with van der Waals surface area (Å²) in [5, 5.41) is 15.9. The average Bonchev–Trinajstić information content (AvgIpc) is 3.33. The van der Waals surface area contributed by atoms with Crippen LogP contribution in [0.4, 0.5) is 5.82 Å². The third-order valence-electron chi connectivity index (χ3n) is 5.05. The molecule has 2 aromatic carbocycles. The Balaban J connectivity index is 1.58. The third kappa shape index (κ3) is 5.23. The van der Waals surface area contributed by atoms with Crippen LogP contribution < -0.4 is 11.1 Å². The molecule has 170 valence electrons. The summed E-state index contributed by atoms with van der Waals surface area (Å²) in [6.07, 6.45) is 1.60. The molecule has 1 atom stereocenters. The van der Waals surface area contributed by atoms with Gasteiger partial charge in [0.2, 0.25) is 0 Å². The summed E-state index contributed by atoms with van der Waals surface area (Å²) >= 11 is -1.05. The van der Waals surface area contributed by atoms with Crippen molar-refractivity contribution in [3.8, 4) is 34.0 Å². The fraction of sp³-hybridized carbons (Fsp3) is 0.208. The molecule has 0 aliphatic rings. The van der Waals surface area contributed by atoms with E-state index in [1.165, 1.54) is 0 Å². The molecule has 0 spiro atoms. The molecular formula is C24H25N5O3S. The Morgan fingerprint density at radius 3 is 2.39 bits per heavy atom. The molecule has 0 saturated carbocycles. The number of nitrogens with two attached hydrogens (primary N) is 1. The number of hydrogen-bond acceptors (Lipinski definition) is 8. The Bertz CT molecular complexity index is 1210. The van der Waals surface area contributed by atoms with Gasteiger partial charge in [0.1, 0.15) is 10.9 Å². The number of nitrogens with one attached hydrogen (secondary N) is 1. The van der Waals surface area contributed by atoms with Crippen LogP contribution in [0.25, 0.3) is 34.0 Å². The molecule has 2 aromatic heterocycles. The first-order valence-corrected chi connectivity index (χ1v) is 11.7. The maximum absolute atomic E-state index is 12.3. The summed E-state index contributed by atoms with van der Waals surface area (Å²) in [6.45, 7) is 4.36. The molecule has 1 unspecified atom stereocenters. The summed E-state index contributed by atoms with van der Waals surface area (Å²) in [6, 6.07) is 17.0. The highest BCUT2D eigenvalue weighted by atomic mass is 32.2. The van der Waals surface area contributed by atoms with E-state index in [2.05, 4.69) is 20.4 Å². The summed E-state index contributed by atoms with van der Waals surface area (Å²) in [4.78, 5) is 9.70. The minimum atomic E-state index is -1.05. The zero-order valence-corrected chi connectivity index (χ0v) is 19.2. The van der Waals surface area contributed by atoms with E-state index in [9.17, 15) is 4.55 Å². The average molecular weight is 464 g/mol. The van der Waals surface area contributed by atoms with Crippen molar-refractivity contribution in [2.75, 3.05) is 12.5 Å². The van der Waals surface area contributed by atoms with Gasteiger partial charge in [0.25, 0.3) is 0 Å². The molecule has 0 aliphatic carbocycles. The Hall–Kier alpha value is -3.24. The molecule has 8 nitrogen and oxygen atoms in total. The van der Waals surface area contributed by atoms with Crippen LogP contribution in [0.5, 0.6) is 0 Å². The topological polar surface area (TPSA) is 133 Å². The van der Waals surface area contributed by atoms with Crippen LogP contribution >= 0.6 is 0 Å². The van der Waals surface area contributed by atoms with Gasteiger partial charge < -0.3 is 19.9 Å². The van der Waals surface area contributed by atoms with Crippen molar-refractivity contribution in [3.63, 3.8) is 0 Å². The zero-order valence-electron chi connectivity index (χ0n) is 18.4. The van der Waals surface area contributed by atoms with E-state index < -0.39 is 11.2 Å². The second-order valence-corrected chi connectivity index (χ2v) is 9.73. The number of nitrogen functional groups attached to an aromatic ring is 1. The van der Waals surface area contributed by atoms with Crippen LogP contribution in [0.2, 0.25) is 0 Å². The highest BCUT2D eigenvalue weighted by Gasteiger charge is 2.17. The monoisotopic (exact) mass is 463 g/mol. The van der Waals surface area contributed by atoms with E-state index in [4.69, 9.17) is 15.4 Å². The number of benzene rings is 2. The van der Waals surface area contributed by atoms with Gasteiger partial charge in [-0.1, -0.05) is 29.4 Å². The highest BCUT2D eigenvalue weighted by molar-refractivity contribution is 7.92. The number of anilines is 1. The second-order valence-electron chi connectivity index (χ2n) is 7.72. The van der Waals surface area contributed by atoms with E-state index in [1.807, 2.05) is 62.4 Å². The number of aliphatic hydroxyl groups is 1. The second kappa shape index (κ2) is 10.1. The van der Waals surface area contributed by atoms with Gasteiger partial charge in [-0.25, -0.2) is 9.97 Å². The summed E-state index contributed by atoms with van der Waals surface area (Å²) in [5.41, 5.74) is 10.5. The SMILES string of the molecule is CC(C)[S+]([O-])c1ccc(-c2cnc(N)c(-c3cc(-c4ccc(CNCO)cc4)no3)n2)cc1. The number of hydrogen-bond donors (Lipinski definition) is 3. The Kier molecular flexibility index (Phi) is 7.05. The quantitative estimate of drug-likeness (QED) is 0.267. The van der Waals surface area contributed by atoms with Crippen molar-refractivity contribution in [3.05, 3.63) is 66.4 Å². The molecular weight excluding hydrogens is 438 g/mol. The van der Waals surface area contributed by atoms with Crippen LogP contribution in [-0.4, -0.2) is 36.8 Å². The summed E-state index contributed by atoms with van der Waals surface area (Å²) < 4.78 is 17.8. The lowest BCUT2D eigenvalue weighted by molar-refractivity contribution is 0.259. The van der Waals surface area contributed by atoms with Crippen LogP contribution in [0.1, 0.15) is 19.4 Å².